The van der Waals surface area contributed by atoms with Crippen molar-refractivity contribution in [1.82, 2.24) is 20.0 Å². The number of nitrogens with zero attached hydrogens (tertiary/aromatic N) is 4. The molecule has 3 aromatic rings. The van der Waals surface area contributed by atoms with Gasteiger partial charge in [0.15, 0.2) is 0 Å². The van der Waals surface area contributed by atoms with Gasteiger partial charge in [-0.3, -0.25) is 4.98 Å². The van der Waals surface area contributed by atoms with Crippen molar-refractivity contribution in [3.63, 3.8) is 0 Å². The average Bonchev–Trinajstić information content (AvgIpc) is 3.46. The molecule has 2 fully saturated rings. The third kappa shape index (κ3) is 6.31. The molecule has 234 valence electrons. The first kappa shape index (κ1) is 31.8. The number of alkyl halides is 2. The number of hydrogen-bond acceptors (Lipinski definition) is 9. The fourth-order valence-corrected chi connectivity index (χ4v) is 7.50. The van der Waals surface area contributed by atoms with Gasteiger partial charge in [0.05, 0.1) is 29.3 Å². The maximum Gasteiger partial charge on any atom is 0.248 e. The number of rotatable bonds is 8. The normalized spacial score (nSPS) is 27.6. The quantitative estimate of drug-likeness (QED) is 0.315. The molecule has 6 atom stereocenters. The minimum Gasteiger partial charge on any atom is -0.394 e. The first-order chi connectivity index (χ1) is 20.4. The Morgan fingerprint density at radius 2 is 1.84 bits per heavy atom. The number of pyridine rings is 1. The van der Waals surface area contributed by atoms with Crippen LogP contribution in [0.15, 0.2) is 36.7 Å². The first-order valence-corrected chi connectivity index (χ1v) is 14.8. The monoisotopic (exact) mass is 626 g/mol. The van der Waals surface area contributed by atoms with Crippen LogP contribution < -0.4 is 0 Å². The number of aromatic nitrogens is 4. The van der Waals surface area contributed by atoms with E-state index in [1.807, 2.05) is 13.0 Å². The Bertz CT molecular complexity index is 1410. The van der Waals surface area contributed by atoms with Gasteiger partial charge in [-0.05, 0) is 50.5 Å². The van der Waals surface area contributed by atoms with E-state index in [4.69, 9.17) is 9.47 Å². The topological polar surface area (TPSA) is 123 Å². The lowest BCUT2D eigenvalue weighted by Crippen LogP contribution is -2.56. The van der Waals surface area contributed by atoms with E-state index in [1.165, 1.54) is 24.9 Å². The molecule has 2 aromatic heterocycles. The summed E-state index contributed by atoms with van der Waals surface area (Å²) >= 11 is 1.11. The van der Waals surface area contributed by atoms with Crippen molar-refractivity contribution in [2.75, 3.05) is 13.7 Å². The highest BCUT2D eigenvalue weighted by molar-refractivity contribution is 8.00. The van der Waals surface area contributed by atoms with Gasteiger partial charge < -0.3 is 24.8 Å². The average molecular weight is 627 g/mol. The van der Waals surface area contributed by atoms with E-state index in [9.17, 15) is 32.9 Å². The Morgan fingerprint density at radius 1 is 1.16 bits per heavy atom. The summed E-state index contributed by atoms with van der Waals surface area (Å²) in [5.74, 6) is -4.39. The molecular weight excluding hydrogens is 592 g/mol. The fourth-order valence-electron chi connectivity index (χ4n) is 5.73. The van der Waals surface area contributed by atoms with E-state index in [-0.39, 0.29) is 29.7 Å². The summed E-state index contributed by atoms with van der Waals surface area (Å²) in [4.78, 5) is 4.49. The van der Waals surface area contributed by atoms with Crippen LogP contribution in [0.25, 0.3) is 11.3 Å². The van der Waals surface area contributed by atoms with Crippen molar-refractivity contribution in [3.8, 4) is 11.3 Å². The van der Waals surface area contributed by atoms with Gasteiger partial charge in [0, 0.05) is 37.3 Å². The fraction of sp³-hybridized carbons (Fsp3) is 0.552. The highest BCUT2D eigenvalue weighted by Crippen LogP contribution is 2.53. The minimum absolute atomic E-state index is 0.133. The largest absolute Gasteiger partial charge is 0.394 e. The highest BCUT2D eigenvalue weighted by atomic mass is 32.2. The number of halogens is 4. The molecular formula is C29H34F4N4O5S. The summed E-state index contributed by atoms with van der Waals surface area (Å²) in [6, 6.07) is 4.81. The van der Waals surface area contributed by atoms with E-state index in [2.05, 4.69) is 15.3 Å². The molecule has 5 rings (SSSR count). The van der Waals surface area contributed by atoms with Gasteiger partial charge in [0.1, 0.15) is 47.1 Å². The molecule has 9 nitrogen and oxygen atoms in total. The van der Waals surface area contributed by atoms with Gasteiger partial charge in [0.25, 0.3) is 0 Å². The number of aliphatic hydroxyl groups excluding tert-OH is 2. The minimum atomic E-state index is -2.89. The van der Waals surface area contributed by atoms with Crippen LogP contribution in [0.1, 0.15) is 53.8 Å². The number of ether oxygens (including phenoxy) is 2. The maximum atomic E-state index is 14.3. The van der Waals surface area contributed by atoms with Crippen LogP contribution >= 0.6 is 11.8 Å². The molecule has 0 bridgehead atoms. The summed E-state index contributed by atoms with van der Waals surface area (Å²) in [7, 11) is 1.39. The zero-order valence-corrected chi connectivity index (χ0v) is 24.6. The van der Waals surface area contributed by atoms with E-state index in [1.54, 1.807) is 12.3 Å². The molecule has 1 aromatic carbocycles. The summed E-state index contributed by atoms with van der Waals surface area (Å²) in [5.41, 5.74) is -1.15. The molecule has 3 heterocycles. The van der Waals surface area contributed by atoms with E-state index in [0.29, 0.717) is 5.69 Å². The lowest BCUT2D eigenvalue weighted by Gasteiger charge is -2.47. The van der Waals surface area contributed by atoms with E-state index >= 15 is 0 Å². The van der Waals surface area contributed by atoms with Crippen LogP contribution in [-0.4, -0.2) is 84.3 Å². The maximum absolute atomic E-state index is 14.3. The second-order valence-electron chi connectivity index (χ2n) is 11.2. The van der Waals surface area contributed by atoms with Crippen LogP contribution in [0.5, 0.6) is 0 Å². The van der Waals surface area contributed by atoms with E-state index < -0.39 is 77.6 Å². The Kier molecular flexibility index (Phi) is 9.17. The number of thioether (sulfide) groups is 1. The molecule has 0 amide bonds. The van der Waals surface area contributed by atoms with Gasteiger partial charge in [-0.1, -0.05) is 11.3 Å². The molecule has 1 unspecified atom stereocenters. The standard InChI is InChI=1S/C29H34F4N4O5S/c1-15-5-4-10-34-22(15)26(28(40)6-8-29(32,33)9-7-28)43-27-25(41-3)23(24(39)21(14-38)42-27)37-13-20(35-36-37)17-11-18(30)16(2)19(31)12-17/h4-5,10-13,21,23-27,38-40H,6-9,14H2,1-3H3/t21-,23+,24+,25-,26?,27+/m1/s1. The second-order valence-corrected chi connectivity index (χ2v) is 12.4. The Balaban J connectivity index is 1.50. The number of methoxy groups -OCH3 is 1. The second kappa shape index (κ2) is 12.4. The Morgan fingerprint density at radius 3 is 2.44 bits per heavy atom. The summed E-state index contributed by atoms with van der Waals surface area (Å²) < 4.78 is 70.0. The zero-order chi connectivity index (χ0) is 31.1. The summed E-state index contributed by atoms with van der Waals surface area (Å²) in [6.45, 7) is 2.54. The van der Waals surface area contributed by atoms with Gasteiger partial charge in [-0.25, -0.2) is 22.2 Å². The number of benzene rings is 1. The predicted molar refractivity (Wildman–Crippen MR) is 149 cm³/mol. The smallest absolute Gasteiger partial charge is 0.248 e. The van der Waals surface area contributed by atoms with Crippen molar-refractivity contribution in [2.24, 2.45) is 0 Å². The molecule has 43 heavy (non-hydrogen) atoms. The van der Waals surface area contributed by atoms with Gasteiger partial charge in [0.2, 0.25) is 5.92 Å². The van der Waals surface area contributed by atoms with Crippen molar-refractivity contribution in [1.29, 1.82) is 0 Å². The van der Waals surface area contributed by atoms with Crippen molar-refractivity contribution in [3.05, 3.63) is 65.1 Å². The van der Waals surface area contributed by atoms with Gasteiger partial charge in [-0.15, -0.1) is 16.9 Å². The number of hydrogen-bond donors (Lipinski definition) is 3. The predicted octanol–water partition coefficient (Wildman–Crippen LogP) is 4.28. The molecule has 0 spiro atoms. The first-order valence-electron chi connectivity index (χ1n) is 13.9. The zero-order valence-electron chi connectivity index (χ0n) is 23.8. The number of aryl methyl sites for hydroxylation is 1. The van der Waals surface area contributed by atoms with E-state index in [0.717, 1.165) is 29.5 Å². The molecule has 1 saturated heterocycles. The van der Waals surface area contributed by atoms with Crippen LogP contribution in [0.4, 0.5) is 17.6 Å². The molecule has 1 saturated carbocycles. The lowest BCUT2D eigenvalue weighted by atomic mass is 9.79. The van der Waals surface area contributed by atoms with Crippen molar-refractivity contribution < 1.29 is 42.4 Å². The Labute approximate surface area is 250 Å². The third-order valence-electron chi connectivity index (χ3n) is 8.39. The van der Waals surface area contributed by atoms with Gasteiger partial charge in [-0.2, -0.15) is 0 Å². The highest BCUT2D eigenvalue weighted by Gasteiger charge is 2.53. The number of aliphatic hydroxyl groups is 3. The van der Waals surface area contributed by atoms with Crippen molar-refractivity contribution in [2.45, 2.75) is 86.1 Å². The molecule has 14 heteroatoms. The summed E-state index contributed by atoms with van der Waals surface area (Å²) in [6.07, 6.45) is -1.80. The summed E-state index contributed by atoms with van der Waals surface area (Å²) in [5, 5.41) is 40.5. The Hall–Kier alpha value is -2.62. The third-order valence-corrected chi connectivity index (χ3v) is 9.97. The van der Waals surface area contributed by atoms with Crippen LogP contribution in [-0.2, 0) is 9.47 Å². The van der Waals surface area contributed by atoms with Gasteiger partial charge >= 0.3 is 0 Å². The molecule has 0 radical (unpaired) electrons. The van der Waals surface area contributed by atoms with Crippen molar-refractivity contribution >= 4 is 11.8 Å². The molecule has 3 N–H and O–H groups in total. The molecule has 2 aliphatic rings. The van der Waals surface area contributed by atoms with Crippen LogP contribution in [0.2, 0.25) is 0 Å². The van der Waals surface area contributed by atoms with Crippen LogP contribution in [0, 0.1) is 25.5 Å². The lowest BCUT2D eigenvalue weighted by molar-refractivity contribution is -0.186. The van der Waals surface area contributed by atoms with Crippen LogP contribution in [0.3, 0.4) is 0 Å². The molecule has 1 aliphatic heterocycles. The SMILES string of the molecule is CO[C@@H]1[C@@H](n2cc(-c3cc(F)c(C)c(F)c3)nn2)[C@@H](O)[C@@H](CO)O[C@H]1SC(c1ncccc1C)C1(O)CCC(F)(F)CC1. The molecule has 1 aliphatic carbocycles.